The molecular formula is C30H42N4O4S2. The molecular weight excluding hydrogens is 544 g/mol. The molecule has 218 valence electrons. The van der Waals surface area contributed by atoms with E-state index in [0.717, 1.165) is 38.2 Å². The average molecular weight is 587 g/mol. The third-order valence-corrected chi connectivity index (χ3v) is 9.75. The molecule has 3 amide bonds. The van der Waals surface area contributed by atoms with Crippen LogP contribution < -0.4 is 10.6 Å². The van der Waals surface area contributed by atoms with Gasteiger partial charge in [-0.3, -0.25) is 19.4 Å². The number of ether oxygens (including phenoxy) is 1. The number of hydrogen-bond acceptors (Lipinski definition) is 7. The van der Waals surface area contributed by atoms with Crippen molar-refractivity contribution in [2.75, 3.05) is 37.1 Å². The number of likely N-dealkylation sites (tertiary alicyclic amines) is 1. The van der Waals surface area contributed by atoms with Crippen molar-refractivity contribution in [2.45, 2.75) is 63.6 Å². The van der Waals surface area contributed by atoms with Crippen molar-refractivity contribution >= 4 is 41.4 Å². The van der Waals surface area contributed by atoms with Crippen LogP contribution in [0.25, 0.3) is 0 Å². The van der Waals surface area contributed by atoms with Crippen LogP contribution in [0.15, 0.2) is 54.1 Å². The maximum atomic E-state index is 13.4. The number of nitrogens with one attached hydrogen (secondary N) is 2. The third kappa shape index (κ3) is 9.31. The monoisotopic (exact) mass is 586 g/mol. The van der Waals surface area contributed by atoms with Gasteiger partial charge in [-0.05, 0) is 37.2 Å². The lowest BCUT2D eigenvalue weighted by molar-refractivity contribution is -0.126. The molecule has 2 heterocycles. The topological polar surface area (TPSA) is 91.0 Å². The number of hydrogen-bond donors (Lipinski definition) is 2. The van der Waals surface area contributed by atoms with E-state index in [1.165, 1.54) is 60.4 Å². The quantitative estimate of drug-likeness (QED) is 0.286. The Labute approximate surface area is 246 Å². The van der Waals surface area contributed by atoms with Crippen molar-refractivity contribution in [3.05, 3.63) is 59.7 Å². The van der Waals surface area contributed by atoms with E-state index in [-0.39, 0.29) is 30.2 Å². The lowest BCUT2D eigenvalue weighted by atomic mass is 9.91. The summed E-state index contributed by atoms with van der Waals surface area (Å²) in [5.74, 6) is 1.78. The predicted octanol–water partition coefficient (Wildman–Crippen LogP) is 4.74. The highest BCUT2D eigenvalue weighted by atomic mass is 32.2. The number of carbonyl (C=O) groups is 3. The number of carbonyl (C=O) groups excluding carboxylic acids is 3. The lowest BCUT2D eigenvalue weighted by Gasteiger charge is -2.32. The summed E-state index contributed by atoms with van der Waals surface area (Å²) < 4.78 is 5.16. The number of benzene rings is 1. The van der Waals surface area contributed by atoms with Crippen LogP contribution in [0.3, 0.4) is 0 Å². The second-order valence-corrected chi connectivity index (χ2v) is 12.6. The third-order valence-electron chi connectivity index (χ3n) is 7.68. The second-order valence-electron chi connectivity index (χ2n) is 10.7. The van der Waals surface area contributed by atoms with Gasteiger partial charge in [0.1, 0.15) is 18.3 Å². The molecule has 3 aliphatic rings. The number of thioether (sulfide) groups is 2. The summed E-state index contributed by atoms with van der Waals surface area (Å²) >= 11 is 3.09. The summed E-state index contributed by atoms with van der Waals surface area (Å²) in [6, 6.07) is 9.79. The summed E-state index contributed by atoms with van der Waals surface area (Å²) in [4.78, 5) is 43.0. The van der Waals surface area contributed by atoms with Gasteiger partial charge in [-0.15, -0.1) is 23.5 Å². The maximum Gasteiger partial charge on any atom is 0.411 e. The van der Waals surface area contributed by atoms with Crippen LogP contribution in [-0.2, 0) is 20.9 Å². The van der Waals surface area contributed by atoms with E-state index in [9.17, 15) is 14.4 Å². The van der Waals surface area contributed by atoms with Gasteiger partial charge in [-0.1, -0.05) is 62.2 Å². The average Bonchev–Trinajstić information content (AvgIpc) is 3.48. The molecule has 2 saturated heterocycles. The van der Waals surface area contributed by atoms with E-state index < -0.39 is 12.1 Å². The molecule has 0 radical (unpaired) electrons. The molecule has 2 aliphatic heterocycles. The fourth-order valence-electron chi connectivity index (χ4n) is 5.37. The van der Waals surface area contributed by atoms with Crippen molar-refractivity contribution in [1.82, 2.24) is 20.4 Å². The molecule has 3 fully saturated rings. The standard InChI is InChI=1S/C30H42N4O4S2/c1-2-17-38-30(37)34-22-40-21-27(34)29(36)32-26(20-39-19-24-11-7-4-8-12-24)28(35)31-25-13-15-33(16-14-25)18-23-9-5-3-6-10-23/h2-3,5-6,9-10,20,24-25,27H,1,4,7-8,11-19,21-22H2,(H,31,35)(H,32,36)/b26-20+/t27-/m0/s1. The van der Waals surface area contributed by atoms with Gasteiger partial charge >= 0.3 is 6.09 Å². The molecule has 1 aromatic rings. The molecule has 2 N–H and O–H groups in total. The van der Waals surface area contributed by atoms with Gasteiger partial charge in [0.2, 0.25) is 5.91 Å². The Balaban J connectivity index is 1.34. The van der Waals surface area contributed by atoms with Gasteiger partial charge in [0, 0.05) is 42.6 Å². The Hall–Kier alpha value is -2.43. The Morgan fingerprint density at radius 2 is 1.82 bits per heavy atom. The highest BCUT2D eigenvalue weighted by Crippen LogP contribution is 2.28. The van der Waals surface area contributed by atoms with E-state index in [4.69, 9.17) is 4.74 Å². The van der Waals surface area contributed by atoms with Crippen LogP contribution in [0.5, 0.6) is 0 Å². The van der Waals surface area contributed by atoms with Crippen LogP contribution in [-0.4, -0.2) is 76.9 Å². The van der Waals surface area contributed by atoms with Crippen molar-refractivity contribution in [3.63, 3.8) is 0 Å². The van der Waals surface area contributed by atoms with Crippen LogP contribution in [0.4, 0.5) is 4.79 Å². The number of nitrogens with zero attached hydrogens (tertiary/aromatic N) is 2. The molecule has 0 spiro atoms. The number of amides is 3. The van der Waals surface area contributed by atoms with Crippen molar-refractivity contribution in [3.8, 4) is 0 Å². The van der Waals surface area contributed by atoms with Gasteiger partial charge in [0.15, 0.2) is 0 Å². The van der Waals surface area contributed by atoms with E-state index >= 15 is 0 Å². The first-order valence-electron chi connectivity index (χ1n) is 14.3. The smallest absolute Gasteiger partial charge is 0.411 e. The summed E-state index contributed by atoms with van der Waals surface area (Å²) in [6.07, 6.45) is 8.93. The van der Waals surface area contributed by atoms with Crippen LogP contribution in [0, 0.1) is 5.92 Å². The second kappa shape index (κ2) is 16.1. The van der Waals surface area contributed by atoms with Gasteiger partial charge in [-0.25, -0.2) is 4.79 Å². The molecule has 4 rings (SSSR count). The molecule has 0 bridgehead atoms. The largest absolute Gasteiger partial charge is 0.445 e. The molecule has 0 unspecified atom stereocenters. The molecule has 40 heavy (non-hydrogen) atoms. The summed E-state index contributed by atoms with van der Waals surface area (Å²) in [7, 11) is 0. The van der Waals surface area contributed by atoms with Crippen LogP contribution >= 0.6 is 23.5 Å². The Bertz CT molecular complexity index is 1020. The zero-order valence-electron chi connectivity index (χ0n) is 23.2. The highest BCUT2D eigenvalue weighted by molar-refractivity contribution is 8.02. The first-order chi connectivity index (χ1) is 19.5. The first-order valence-corrected chi connectivity index (χ1v) is 16.6. The van der Waals surface area contributed by atoms with Crippen LogP contribution in [0.2, 0.25) is 0 Å². The molecule has 8 nitrogen and oxygen atoms in total. The van der Waals surface area contributed by atoms with E-state index in [0.29, 0.717) is 17.5 Å². The molecule has 1 aromatic carbocycles. The Morgan fingerprint density at radius 3 is 2.55 bits per heavy atom. The molecule has 1 atom stereocenters. The van der Waals surface area contributed by atoms with Crippen molar-refractivity contribution < 1.29 is 19.1 Å². The predicted molar refractivity (Wildman–Crippen MR) is 163 cm³/mol. The minimum Gasteiger partial charge on any atom is -0.445 e. The molecule has 1 aliphatic carbocycles. The Morgan fingerprint density at radius 1 is 1.07 bits per heavy atom. The normalized spacial score (nSPS) is 21.1. The van der Waals surface area contributed by atoms with E-state index in [1.807, 2.05) is 6.07 Å². The maximum absolute atomic E-state index is 13.4. The fraction of sp³-hybridized carbons (Fsp3) is 0.567. The molecule has 1 saturated carbocycles. The molecule has 0 aromatic heterocycles. The Kier molecular flexibility index (Phi) is 12.3. The SMILES string of the molecule is C=CCOC(=O)N1CSC[C@H]1C(=O)N/C(=C/SCC1CCCCC1)C(=O)NC1CCN(Cc2ccccc2)CC1. The van der Waals surface area contributed by atoms with Crippen LogP contribution in [0.1, 0.15) is 50.5 Å². The van der Waals surface area contributed by atoms with Gasteiger partial charge in [-0.2, -0.15) is 0 Å². The zero-order chi connectivity index (χ0) is 28.2. The number of rotatable bonds is 11. The zero-order valence-corrected chi connectivity index (χ0v) is 24.9. The number of piperidine rings is 1. The lowest BCUT2D eigenvalue weighted by Crippen LogP contribution is -2.50. The minimum atomic E-state index is -0.692. The highest BCUT2D eigenvalue weighted by Gasteiger charge is 2.36. The fourth-order valence-corrected chi connectivity index (χ4v) is 7.55. The molecule has 10 heteroatoms. The summed E-state index contributed by atoms with van der Waals surface area (Å²) in [5, 5.41) is 7.83. The minimum absolute atomic E-state index is 0.0515. The van der Waals surface area contributed by atoms with E-state index in [1.54, 1.807) is 17.2 Å². The first kappa shape index (κ1) is 30.5. The van der Waals surface area contributed by atoms with Gasteiger partial charge < -0.3 is 15.4 Å². The van der Waals surface area contributed by atoms with Gasteiger partial charge in [0.05, 0.1) is 5.88 Å². The summed E-state index contributed by atoms with van der Waals surface area (Å²) in [6.45, 7) is 6.37. The van der Waals surface area contributed by atoms with E-state index in [2.05, 4.69) is 46.4 Å². The van der Waals surface area contributed by atoms with Crippen molar-refractivity contribution in [1.29, 1.82) is 0 Å². The summed E-state index contributed by atoms with van der Waals surface area (Å²) in [5.41, 5.74) is 1.55. The van der Waals surface area contributed by atoms with Crippen molar-refractivity contribution in [2.24, 2.45) is 5.92 Å². The van der Waals surface area contributed by atoms with Gasteiger partial charge in [0.25, 0.3) is 5.91 Å².